The van der Waals surface area contributed by atoms with Crippen LogP contribution in [0.25, 0.3) is 4.85 Å². The highest BCUT2D eigenvalue weighted by atomic mass is 35.5. The molecule has 0 aliphatic rings. The van der Waals surface area contributed by atoms with Gasteiger partial charge in [-0.2, -0.15) is 0 Å². The molecular weight excluding hydrogens is 189 g/mol. The number of benzene rings is 1. The smallest absolute Gasteiger partial charge is 0.191 e. The third-order valence-corrected chi connectivity index (χ3v) is 2.08. The van der Waals surface area contributed by atoms with Crippen LogP contribution in [0.15, 0.2) is 12.1 Å². The lowest BCUT2D eigenvalue weighted by molar-refractivity contribution is 0.599. The maximum absolute atomic E-state index is 13.3. The molecule has 0 atom stereocenters. The van der Waals surface area contributed by atoms with Crippen molar-refractivity contribution in [2.45, 2.75) is 19.8 Å². The molecule has 0 aliphatic carbocycles. The van der Waals surface area contributed by atoms with Crippen LogP contribution < -0.4 is 0 Å². The standard InChI is InChI=1S/C10H9ClFN/c1-6(2)10-8(11)4-7(13-3)5-9(10)12/h4-6H,1-2H3. The molecule has 1 nitrogen and oxygen atoms in total. The maximum Gasteiger partial charge on any atom is 0.191 e. The van der Waals surface area contributed by atoms with Gasteiger partial charge in [0.2, 0.25) is 0 Å². The summed E-state index contributed by atoms with van der Waals surface area (Å²) in [5.41, 5.74) is 0.723. The van der Waals surface area contributed by atoms with Crippen molar-refractivity contribution >= 4 is 17.3 Å². The molecule has 13 heavy (non-hydrogen) atoms. The molecule has 0 unspecified atom stereocenters. The van der Waals surface area contributed by atoms with Gasteiger partial charge < -0.3 is 0 Å². The van der Waals surface area contributed by atoms with Crippen LogP contribution in [-0.2, 0) is 0 Å². The van der Waals surface area contributed by atoms with E-state index in [9.17, 15) is 4.39 Å². The first kappa shape index (κ1) is 10.0. The molecule has 68 valence electrons. The number of rotatable bonds is 1. The predicted octanol–water partition coefficient (Wildman–Crippen LogP) is 4.15. The lowest BCUT2D eigenvalue weighted by Crippen LogP contribution is -1.93. The summed E-state index contributed by atoms with van der Waals surface area (Å²) in [5, 5.41) is 0.334. The summed E-state index contributed by atoms with van der Waals surface area (Å²) in [6, 6.07) is 2.71. The highest BCUT2D eigenvalue weighted by molar-refractivity contribution is 6.31. The zero-order valence-corrected chi connectivity index (χ0v) is 8.19. The predicted molar refractivity (Wildman–Crippen MR) is 51.8 cm³/mol. The van der Waals surface area contributed by atoms with Gasteiger partial charge in [0.25, 0.3) is 0 Å². The monoisotopic (exact) mass is 197 g/mol. The molecule has 0 spiro atoms. The molecule has 0 aliphatic heterocycles. The van der Waals surface area contributed by atoms with Crippen molar-refractivity contribution in [3.05, 3.63) is 40.0 Å². The summed E-state index contributed by atoms with van der Waals surface area (Å²) < 4.78 is 13.3. The first-order valence-corrected chi connectivity index (χ1v) is 4.30. The van der Waals surface area contributed by atoms with Gasteiger partial charge in [-0.05, 0) is 18.1 Å². The fraction of sp³-hybridized carbons (Fsp3) is 0.300. The molecule has 0 amide bonds. The van der Waals surface area contributed by atoms with E-state index in [0.29, 0.717) is 10.6 Å². The first-order valence-electron chi connectivity index (χ1n) is 3.92. The van der Waals surface area contributed by atoms with E-state index in [-0.39, 0.29) is 11.6 Å². The quantitative estimate of drug-likeness (QED) is 0.596. The molecule has 1 aromatic carbocycles. The number of hydrogen-bond donors (Lipinski definition) is 0. The summed E-state index contributed by atoms with van der Waals surface area (Å²) in [4.78, 5) is 3.12. The molecule has 0 heterocycles. The zero-order chi connectivity index (χ0) is 10.0. The molecule has 0 saturated heterocycles. The normalized spacial score (nSPS) is 10.2. The molecule has 0 aromatic heterocycles. The van der Waals surface area contributed by atoms with Gasteiger partial charge in [-0.15, -0.1) is 0 Å². The molecule has 0 bridgehead atoms. The highest BCUT2D eigenvalue weighted by Crippen LogP contribution is 2.31. The Bertz CT molecular complexity index is 343. The van der Waals surface area contributed by atoms with E-state index in [2.05, 4.69) is 4.85 Å². The highest BCUT2D eigenvalue weighted by Gasteiger charge is 2.12. The average Bonchev–Trinajstić information content (AvgIpc) is 2.02. The van der Waals surface area contributed by atoms with Gasteiger partial charge >= 0.3 is 0 Å². The Balaban J connectivity index is 3.33. The van der Waals surface area contributed by atoms with Crippen LogP contribution >= 0.6 is 11.6 Å². The minimum Gasteiger partial charge on any atom is -0.238 e. The second-order valence-corrected chi connectivity index (χ2v) is 3.50. The van der Waals surface area contributed by atoms with Crippen molar-refractivity contribution < 1.29 is 4.39 Å². The van der Waals surface area contributed by atoms with E-state index in [1.807, 2.05) is 13.8 Å². The Morgan fingerprint density at radius 2 is 2.08 bits per heavy atom. The van der Waals surface area contributed by atoms with Crippen molar-refractivity contribution in [1.82, 2.24) is 0 Å². The largest absolute Gasteiger partial charge is 0.238 e. The van der Waals surface area contributed by atoms with Crippen LogP contribution in [-0.4, -0.2) is 0 Å². The van der Waals surface area contributed by atoms with Gasteiger partial charge in [0.15, 0.2) is 5.69 Å². The summed E-state index contributed by atoms with van der Waals surface area (Å²) in [6.45, 7) is 10.4. The lowest BCUT2D eigenvalue weighted by Gasteiger charge is -2.09. The number of halogens is 2. The van der Waals surface area contributed by atoms with Gasteiger partial charge in [-0.25, -0.2) is 9.24 Å². The molecule has 3 heteroatoms. The van der Waals surface area contributed by atoms with Crippen LogP contribution in [0.1, 0.15) is 25.3 Å². The van der Waals surface area contributed by atoms with Crippen LogP contribution in [0.2, 0.25) is 5.02 Å². The molecular formula is C10H9ClFN. The maximum atomic E-state index is 13.3. The number of hydrogen-bond acceptors (Lipinski definition) is 0. The molecule has 1 rings (SSSR count). The Kier molecular flexibility index (Phi) is 2.90. The second-order valence-electron chi connectivity index (χ2n) is 3.09. The molecule has 0 fully saturated rings. The molecule has 0 radical (unpaired) electrons. The van der Waals surface area contributed by atoms with E-state index in [1.165, 1.54) is 12.1 Å². The van der Waals surface area contributed by atoms with Gasteiger partial charge in [0.1, 0.15) is 5.82 Å². The zero-order valence-electron chi connectivity index (χ0n) is 7.44. The first-order chi connectivity index (χ1) is 6.06. The van der Waals surface area contributed by atoms with E-state index in [1.54, 1.807) is 0 Å². The fourth-order valence-corrected chi connectivity index (χ4v) is 1.61. The minimum absolute atomic E-state index is 0.0345. The summed E-state index contributed by atoms with van der Waals surface area (Å²) >= 11 is 5.83. The van der Waals surface area contributed by atoms with Gasteiger partial charge in [0.05, 0.1) is 6.57 Å². The van der Waals surface area contributed by atoms with E-state index in [0.717, 1.165) is 0 Å². The van der Waals surface area contributed by atoms with E-state index < -0.39 is 5.82 Å². The van der Waals surface area contributed by atoms with Crippen molar-refractivity contribution in [2.75, 3.05) is 0 Å². The van der Waals surface area contributed by atoms with Gasteiger partial charge in [-0.3, -0.25) is 0 Å². The van der Waals surface area contributed by atoms with Gasteiger partial charge in [0, 0.05) is 10.6 Å². The fourth-order valence-electron chi connectivity index (χ4n) is 1.19. The Morgan fingerprint density at radius 1 is 1.46 bits per heavy atom. The van der Waals surface area contributed by atoms with Crippen LogP contribution in [0.5, 0.6) is 0 Å². The third-order valence-electron chi connectivity index (χ3n) is 1.77. The molecule has 0 N–H and O–H groups in total. The van der Waals surface area contributed by atoms with E-state index >= 15 is 0 Å². The Labute approximate surface area is 82.0 Å². The Hall–Kier alpha value is -1.07. The van der Waals surface area contributed by atoms with Crippen LogP contribution in [0.3, 0.4) is 0 Å². The van der Waals surface area contributed by atoms with Crippen molar-refractivity contribution in [2.24, 2.45) is 0 Å². The summed E-state index contributed by atoms with van der Waals surface area (Å²) in [5.74, 6) is -0.360. The van der Waals surface area contributed by atoms with Crippen molar-refractivity contribution in [1.29, 1.82) is 0 Å². The summed E-state index contributed by atoms with van der Waals surface area (Å²) in [6.07, 6.45) is 0. The van der Waals surface area contributed by atoms with Crippen molar-refractivity contribution in [3.63, 3.8) is 0 Å². The number of nitrogens with zero attached hydrogens (tertiary/aromatic N) is 1. The van der Waals surface area contributed by atoms with E-state index in [4.69, 9.17) is 18.2 Å². The van der Waals surface area contributed by atoms with Gasteiger partial charge in [-0.1, -0.05) is 25.4 Å². The summed E-state index contributed by atoms with van der Waals surface area (Å²) in [7, 11) is 0. The molecule has 1 aromatic rings. The van der Waals surface area contributed by atoms with Crippen LogP contribution in [0.4, 0.5) is 10.1 Å². The van der Waals surface area contributed by atoms with Crippen LogP contribution in [0, 0.1) is 12.4 Å². The SMILES string of the molecule is [C-]#[N+]c1cc(F)c(C(C)C)c(Cl)c1. The molecule has 0 saturated carbocycles. The third kappa shape index (κ3) is 1.99. The van der Waals surface area contributed by atoms with Crippen molar-refractivity contribution in [3.8, 4) is 0 Å². The Morgan fingerprint density at radius 3 is 2.46 bits per heavy atom. The topological polar surface area (TPSA) is 4.36 Å². The second kappa shape index (κ2) is 3.76. The minimum atomic E-state index is -0.395. The average molecular weight is 198 g/mol. The lowest BCUT2D eigenvalue weighted by atomic mass is 10.0.